The van der Waals surface area contributed by atoms with Gasteiger partial charge in [0.2, 0.25) is 0 Å². The first kappa shape index (κ1) is 22.0. The standard InChI is InChI=1S/C30H32N2/c1-23-13-17-27(18-14-23)29(31-21-25-9-5-3-6-10-25)30(28-19-15-24(2)16-20-28)32-22-26-11-7-4-8-12-26/h3-20,29-32H,21-22H2,1-2H3/t29-,30-/m1/s1. The second kappa shape index (κ2) is 10.9. The van der Waals surface area contributed by atoms with Crippen LogP contribution in [0.15, 0.2) is 109 Å². The minimum Gasteiger partial charge on any atom is -0.304 e. The fraction of sp³-hybridized carbons (Fsp3) is 0.200. The molecule has 0 fully saturated rings. The number of hydrogen-bond acceptors (Lipinski definition) is 2. The molecule has 2 N–H and O–H groups in total. The quantitative estimate of drug-likeness (QED) is 0.316. The summed E-state index contributed by atoms with van der Waals surface area (Å²) in [6.45, 7) is 5.91. The third-order valence-corrected chi connectivity index (χ3v) is 5.94. The zero-order valence-corrected chi connectivity index (χ0v) is 19.0. The van der Waals surface area contributed by atoms with Crippen molar-refractivity contribution in [1.82, 2.24) is 10.6 Å². The van der Waals surface area contributed by atoms with Gasteiger partial charge >= 0.3 is 0 Å². The Kier molecular flexibility index (Phi) is 7.50. The average molecular weight is 421 g/mol. The lowest BCUT2D eigenvalue weighted by molar-refractivity contribution is 0.381. The maximum Gasteiger partial charge on any atom is 0.0521 e. The Labute approximate surface area is 192 Å². The van der Waals surface area contributed by atoms with Gasteiger partial charge in [0.05, 0.1) is 12.1 Å². The molecule has 0 radical (unpaired) electrons. The molecule has 0 aromatic heterocycles. The van der Waals surface area contributed by atoms with Gasteiger partial charge < -0.3 is 10.6 Å². The van der Waals surface area contributed by atoms with Crippen molar-refractivity contribution in [3.8, 4) is 0 Å². The Morgan fingerprint density at radius 2 is 0.812 bits per heavy atom. The molecule has 0 saturated carbocycles. The molecule has 4 rings (SSSR count). The first-order valence-corrected chi connectivity index (χ1v) is 11.4. The summed E-state index contributed by atoms with van der Waals surface area (Å²) in [5.74, 6) is 0. The Morgan fingerprint density at radius 3 is 1.16 bits per heavy atom. The lowest BCUT2D eigenvalue weighted by Crippen LogP contribution is -2.35. The second-order valence-corrected chi connectivity index (χ2v) is 8.51. The fourth-order valence-electron chi connectivity index (χ4n) is 4.05. The van der Waals surface area contributed by atoms with Crippen molar-refractivity contribution in [2.45, 2.75) is 39.0 Å². The molecule has 2 atom stereocenters. The highest BCUT2D eigenvalue weighted by Crippen LogP contribution is 2.30. The lowest BCUT2D eigenvalue weighted by atomic mass is 9.91. The van der Waals surface area contributed by atoms with E-state index in [1.165, 1.54) is 33.4 Å². The molecule has 0 unspecified atom stereocenters. The Morgan fingerprint density at radius 1 is 0.469 bits per heavy atom. The van der Waals surface area contributed by atoms with E-state index in [1.54, 1.807) is 0 Å². The second-order valence-electron chi connectivity index (χ2n) is 8.51. The summed E-state index contributed by atoms with van der Waals surface area (Å²) in [6, 6.07) is 39.3. The van der Waals surface area contributed by atoms with Crippen LogP contribution in [0, 0.1) is 13.8 Å². The van der Waals surface area contributed by atoms with Gasteiger partial charge in [0.1, 0.15) is 0 Å². The minimum absolute atomic E-state index is 0.127. The van der Waals surface area contributed by atoms with Crippen LogP contribution in [0.3, 0.4) is 0 Å². The topological polar surface area (TPSA) is 24.1 Å². The van der Waals surface area contributed by atoms with E-state index in [9.17, 15) is 0 Å². The maximum absolute atomic E-state index is 3.86. The van der Waals surface area contributed by atoms with Gasteiger partial charge in [0.15, 0.2) is 0 Å². The van der Waals surface area contributed by atoms with E-state index in [1.807, 2.05) is 0 Å². The van der Waals surface area contributed by atoms with Gasteiger partial charge in [-0.3, -0.25) is 0 Å². The highest BCUT2D eigenvalue weighted by molar-refractivity contribution is 5.32. The molecule has 2 nitrogen and oxygen atoms in total. The molecule has 0 saturated heterocycles. The Bertz CT molecular complexity index is 980. The van der Waals surface area contributed by atoms with E-state index in [0.29, 0.717) is 0 Å². The van der Waals surface area contributed by atoms with Crippen LogP contribution >= 0.6 is 0 Å². The van der Waals surface area contributed by atoms with Gasteiger partial charge in [-0.05, 0) is 36.1 Å². The molecule has 0 aliphatic carbocycles. The summed E-state index contributed by atoms with van der Waals surface area (Å²) in [6.07, 6.45) is 0. The van der Waals surface area contributed by atoms with Crippen LogP contribution < -0.4 is 10.6 Å². The van der Waals surface area contributed by atoms with Crippen LogP contribution in [0.2, 0.25) is 0 Å². The van der Waals surface area contributed by atoms with Gasteiger partial charge in [0, 0.05) is 13.1 Å². The van der Waals surface area contributed by atoms with Crippen LogP contribution in [0.5, 0.6) is 0 Å². The third kappa shape index (κ3) is 5.94. The van der Waals surface area contributed by atoms with Gasteiger partial charge in [-0.1, -0.05) is 120 Å². The first-order valence-electron chi connectivity index (χ1n) is 11.4. The molecular formula is C30H32N2. The van der Waals surface area contributed by atoms with Crippen molar-refractivity contribution in [3.05, 3.63) is 143 Å². The van der Waals surface area contributed by atoms with Crippen LogP contribution in [-0.4, -0.2) is 0 Å². The summed E-state index contributed by atoms with van der Waals surface area (Å²) >= 11 is 0. The van der Waals surface area contributed by atoms with E-state index >= 15 is 0 Å². The number of rotatable bonds is 9. The number of hydrogen-bond donors (Lipinski definition) is 2. The third-order valence-electron chi connectivity index (χ3n) is 5.94. The molecule has 32 heavy (non-hydrogen) atoms. The summed E-state index contributed by atoms with van der Waals surface area (Å²) in [7, 11) is 0. The van der Waals surface area contributed by atoms with Crippen molar-refractivity contribution in [1.29, 1.82) is 0 Å². The van der Waals surface area contributed by atoms with Crippen molar-refractivity contribution < 1.29 is 0 Å². The molecule has 0 aliphatic rings. The van der Waals surface area contributed by atoms with E-state index in [4.69, 9.17) is 0 Å². The van der Waals surface area contributed by atoms with Crippen LogP contribution in [0.1, 0.15) is 45.5 Å². The van der Waals surface area contributed by atoms with Gasteiger partial charge in [-0.2, -0.15) is 0 Å². The summed E-state index contributed by atoms with van der Waals surface area (Å²) in [5.41, 5.74) is 7.71. The largest absolute Gasteiger partial charge is 0.304 e. The predicted molar refractivity (Wildman–Crippen MR) is 134 cm³/mol. The van der Waals surface area contributed by atoms with Crippen molar-refractivity contribution >= 4 is 0 Å². The average Bonchev–Trinajstić information content (AvgIpc) is 2.84. The van der Waals surface area contributed by atoms with Gasteiger partial charge in [-0.15, -0.1) is 0 Å². The first-order chi connectivity index (χ1) is 15.7. The van der Waals surface area contributed by atoms with E-state index in [2.05, 4.69) is 134 Å². The van der Waals surface area contributed by atoms with Gasteiger partial charge in [-0.25, -0.2) is 0 Å². The Hall–Kier alpha value is -3.20. The summed E-state index contributed by atoms with van der Waals surface area (Å²) in [5, 5.41) is 7.72. The molecular weight excluding hydrogens is 388 g/mol. The van der Waals surface area contributed by atoms with Crippen molar-refractivity contribution in [2.24, 2.45) is 0 Å². The number of benzene rings is 4. The number of nitrogens with one attached hydrogen (secondary N) is 2. The van der Waals surface area contributed by atoms with E-state index in [-0.39, 0.29) is 12.1 Å². The maximum atomic E-state index is 3.86. The van der Waals surface area contributed by atoms with E-state index < -0.39 is 0 Å². The lowest BCUT2D eigenvalue weighted by Gasteiger charge is -2.31. The van der Waals surface area contributed by atoms with Crippen LogP contribution in [0.25, 0.3) is 0 Å². The molecule has 0 spiro atoms. The molecule has 4 aromatic carbocycles. The molecule has 4 aromatic rings. The zero-order chi connectivity index (χ0) is 22.2. The van der Waals surface area contributed by atoms with Crippen LogP contribution in [-0.2, 0) is 13.1 Å². The molecule has 0 heterocycles. The summed E-state index contributed by atoms with van der Waals surface area (Å²) in [4.78, 5) is 0. The molecule has 0 bridgehead atoms. The highest BCUT2D eigenvalue weighted by Gasteiger charge is 2.24. The van der Waals surface area contributed by atoms with Crippen LogP contribution in [0.4, 0.5) is 0 Å². The van der Waals surface area contributed by atoms with E-state index in [0.717, 1.165) is 13.1 Å². The predicted octanol–water partition coefficient (Wildman–Crippen LogP) is 6.67. The molecule has 0 aliphatic heterocycles. The van der Waals surface area contributed by atoms with Crippen molar-refractivity contribution in [2.75, 3.05) is 0 Å². The zero-order valence-electron chi connectivity index (χ0n) is 19.0. The van der Waals surface area contributed by atoms with Crippen molar-refractivity contribution in [3.63, 3.8) is 0 Å². The SMILES string of the molecule is Cc1ccc([C@@H](NCc2ccccc2)[C@H](NCc2ccccc2)c2ccc(C)cc2)cc1. The fourth-order valence-corrected chi connectivity index (χ4v) is 4.05. The Balaban J connectivity index is 1.66. The minimum atomic E-state index is 0.127. The normalized spacial score (nSPS) is 12.9. The molecule has 162 valence electrons. The summed E-state index contributed by atoms with van der Waals surface area (Å²) < 4.78 is 0. The van der Waals surface area contributed by atoms with Gasteiger partial charge in [0.25, 0.3) is 0 Å². The molecule has 2 heteroatoms. The monoisotopic (exact) mass is 420 g/mol. The number of aryl methyl sites for hydroxylation is 2. The smallest absolute Gasteiger partial charge is 0.0521 e. The highest BCUT2D eigenvalue weighted by atomic mass is 15.0. The molecule has 0 amide bonds.